The van der Waals surface area contributed by atoms with Gasteiger partial charge in [-0.15, -0.1) is 12.4 Å². The zero-order valence-corrected chi connectivity index (χ0v) is 10.4. The van der Waals surface area contributed by atoms with Crippen LogP contribution in [0.1, 0.15) is 20.3 Å². The van der Waals surface area contributed by atoms with Crippen LogP contribution in [0.15, 0.2) is 0 Å². The molecule has 0 rings (SSSR count). The minimum Gasteiger partial charge on any atom is -0.467 e. The normalized spacial score (nSPS) is 10.1. The van der Waals surface area contributed by atoms with Crippen LogP contribution in [0.25, 0.3) is 0 Å². The number of esters is 1. The molecule has 15 heavy (non-hydrogen) atoms. The Morgan fingerprint density at radius 1 is 1.33 bits per heavy atom. The number of methoxy groups -OCH3 is 1. The molecule has 0 aromatic heterocycles. The molecule has 0 radical (unpaired) electrons. The number of carbonyl (C=O) groups is 2. The van der Waals surface area contributed by atoms with Crippen molar-refractivity contribution < 1.29 is 14.3 Å². The summed E-state index contributed by atoms with van der Waals surface area (Å²) in [6.45, 7) is 3.80. The van der Waals surface area contributed by atoms with Crippen molar-refractivity contribution in [3.8, 4) is 0 Å². The van der Waals surface area contributed by atoms with Crippen molar-refractivity contribution in [2.45, 2.75) is 25.8 Å². The second kappa shape index (κ2) is 7.48. The summed E-state index contributed by atoms with van der Waals surface area (Å²) >= 11 is 0. The first-order valence-corrected chi connectivity index (χ1v) is 4.48. The van der Waals surface area contributed by atoms with E-state index in [0.29, 0.717) is 13.0 Å². The number of halogens is 1. The smallest absolute Gasteiger partial charge is 0.330 e. The van der Waals surface area contributed by atoms with Gasteiger partial charge in [0, 0.05) is 13.0 Å². The Balaban J connectivity index is 0. The Kier molecular flexibility index (Phi) is 8.28. The third-order valence-electron chi connectivity index (χ3n) is 1.75. The average Bonchev–Trinajstić information content (AvgIpc) is 2.12. The number of amides is 1. The lowest BCUT2D eigenvalue weighted by atomic mass is 10.1. The lowest BCUT2D eigenvalue weighted by Crippen LogP contribution is -2.50. The van der Waals surface area contributed by atoms with E-state index in [4.69, 9.17) is 0 Å². The van der Waals surface area contributed by atoms with Crippen LogP contribution in [0.4, 0.5) is 0 Å². The zero-order chi connectivity index (χ0) is 11.2. The fourth-order valence-corrected chi connectivity index (χ4v) is 0.956. The standard InChI is InChI=1S/C9H18N2O3.ClH/c1-9(2,8(13)14-4)11-7(12)5-6-10-3;/h10H,5-6H2,1-4H3,(H,11,12);1H. The van der Waals surface area contributed by atoms with E-state index in [-0.39, 0.29) is 18.3 Å². The minimum atomic E-state index is -0.959. The van der Waals surface area contributed by atoms with E-state index in [0.717, 1.165) is 0 Å². The molecular formula is C9H19ClN2O3. The van der Waals surface area contributed by atoms with E-state index < -0.39 is 11.5 Å². The van der Waals surface area contributed by atoms with E-state index in [1.165, 1.54) is 7.11 Å². The van der Waals surface area contributed by atoms with E-state index >= 15 is 0 Å². The first-order chi connectivity index (χ1) is 6.44. The molecule has 0 bridgehead atoms. The molecule has 1 amide bonds. The second-order valence-corrected chi connectivity index (χ2v) is 3.52. The van der Waals surface area contributed by atoms with E-state index in [1.807, 2.05) is 0 Å². The van der Waals surface area contributed by atoms with Gasteiger partial charge in [0.05, 0.1) is 7.11 Å². The SMILES string of the molecule is CNCCC(=O)NC(C)(C)C(=O)OC.Cl. The highest BCUT2D eigenvalue weighted by atomic mass is 35.5. The fraction of sp³-hybridized carbons (Fsp3) is 0.778. The molecule has 0 unspecified atom stereocenters. The van der Waals surface area contributed by atoms with Crippen LogP contribution in [0.3, 0.4) is 0 Å². The third kappa shape index (κ3) is 6.30. The van der Waals surface area contributed by atoms with Crippen LogP contribution >= 0.6 is 12.4 Å². The maximum Gasteiger partial charge on any atom is 0.330 e. The molecule has 0 atom stereocenters. The topological polar surface area (TPSA) is 67.4 Å². The summed E-state index contributed by atoms with van der Waals surface area (Å²) in [6, 6.07) is 0. The lowest BCUT2D eigenvalue weighted by molar-refractivity contribution is -0.149. The summed E-state index contributed by atoms with van der Waals surface area (Å²) in [7, 11) is 3.06. The van der Waals surface area contributed by atoms with Gasteiger partial charge in [-0.25, -0.2) is 4.79 Å². The third-order valence-corrected chi connectivity index (χ3v) is 1.75. The Hall–Kier alpha value is -0.810. The lowest BCUT2D eigenvalue weighted by Gasteiger charge is -2.22. The largest absolute Gasteiger partial charge is 0.467 e. The van der Waals surface area contributed by atoms with Crippen molar-refractivity contribution in [2.75, 3.05) is 20.7 Å². The van der Waals surface area contributed by atoms with Crippen molar-refractivity contribution in [2.24, 2.45) is 0 Å². The van der Waals surface area contributed by atoms with Crippen LogP contribution in [-0.4, -0.2) is 38.1 Å². The van der Waals surface area contributed by atoms with Gasteiger partial charge < -0.3 is 15.4 Å². The van der Waals surface area contributed by atoms with Crippen LogP contribution in [0.2, 0.25) is 0 Å². The van der Waals surface area contributed by atoms with Gasteiger partial charge in [0.2, 0.25) is 5.91 Å². The van der Waals surface area contributed by atoms with Crippen molar-refractivity contribution in [3.63, 3.8) is 0 Å². The Morgan fingerprint density at radius 3 is 2.27 bits per heavy atom. The van der Waals surface area contributed by atoms with Crippen LogP contribution in [0.5, 0.6) is 0 Å². The number of carbonyl (C=O) groups excluding carboxylic acids is 2. The quantitative estimate of drug-likeness (QED) is 0.666. The van der Waals surface area contributed by atoms with Crippen molar-refractivity contribution in [3.05, 3.63) is 0 Å². The van der Waals surface area contributed by atoms with E-state index in [9.17, 15) is 9.59 Å². The van der Waals surface area contributed by atoms with Gasteiger partial charge in [-0.3, -0.25) is 4.79 Å². The first kappa shape index (κ1) is 16.6. The molecule has 0 aromatic carbocycles. The zero-order valence-electron chi connectivity index (χ0n) is 9.55. The molecule has 6 heteroatoms. The van der Waals surface area contributed by atoms with E-state index in [2.05, 4.69) is 15.4 Å². The molecule has 0 heterocycles. The van der Waals surface area contributed by atoms with Gasteiger partial charge in [0.15, 0.2) is 0 Å². The molecular weight excluding hydrogens is 220 g/mol. The molecule has 0 saturated heterocycles. The predicted molar refractivity (Wildman–Crippen MR) is 60.0 cm³/mol. The molecule has 0 spiro atoms. The van der Waals surface area contributed by atoms with E-state index in [1.54, 1.807) is 20.9 Å². The highest BCUT2D eigenvalue weighted by Gasteiger charge is 2.29. The van der Waals surface area contributed by atoms with Gasteiger partial charge >= 0.3 is 5.97 Å². The number of ether oxygens (including phenoxy) is 1. The van der Waals surface area contributed by atoms with Crippen LogP contribution < -0.4 is 10.6 Å². The number of rotatable bonds is 5. The van der Waals surface area contributed by atoms with Gasteiger partial charge in [0.1, 0.15) is 5.54 Å². The number of hydrogen-bond donors (Lipinski definition) is 2. The minimum absolute atomic E-state index is 0. The van der Waals surface area contributed by atoms with Gasteiger partial charge in [-0.2, -0.15) is 0 Å². The van der Waals surface area contributed by atoms with Gasteiger partial charge in [0.25, 0.3) is 0 Å². The maximum atomic E-state index is 11.3. The summed E-state index contributed by atoms with van der Waals surface area (Å²) in [5, 5.41) is 5.44. The Bertz CT molecular complexity index is 219. The summed E-state index contributed by atoms with van der Waals surface area (Å²) < 4.78 is 4.55. The molecule has 0 fully saturated rings. The summed E-state index contributed by atoms with van der Waals surface area (Å²) in [5.74, 6) is -0.620. The van der Waals surface area contributed by atoms with Crippen LogP contribution in [0, 0.1) is 0 Å². The maximum absolute atomic E-state index is 11.3. The van der Waals surface area contributed by atoms with Gasteiger partial charge in [-0.05, 0) is 20.9 Å². The summed E-state index contributed by atoms with van der Waals surface area (Å²) in [4.78, 5) is 22.5. The van der Waals surface area contributed by atoms with Gasteiger partial charge in [-0.1, -0.05) is 0 Å². The molecule has 5 nitrogen and oxygen atoms in total. The van der Waals surface area contributed by atoms with Crippen LogP contribution in [-0.2, 0) is 14.3 Å². The fourth-order valence-electron chi connectivity index (χ4n) is 0.956. The summed E-state index contributed by atoms with van der Waals surface area (Å²) in [6.07, 6.45) is 0.344. The monoisotopic (exact) mass is 238 g/mol. The molecule has 0 aliphatic carbocycles. The molecule has 0 aliphatic heterocycles. The van der Waals surface area contributed by atoms with Crippen molar-refractivity contribution in [1.82, 2.24) is 10.6 Å². The van der Waals surface area contributed by atoms with Crippen molar-refractivity contribution in [1.29, 1.82) is 0 Å². The average molecular weight is 239 g/mol. The first-order valence-electron chi connectivity index (χ1n) is 4.48. The Labute approximate surface area is 96.3 Å². The molecule has 0 aromatic rings. The second-order valence-electron chi connectivity index (χ2n) is 3.52. The Morgan fingerprint density at radius 2 is 1.87 bits per heavy atom. The highest BCUT2D eigenvalue weighted by molar-refractivity contribution is 5.87. The number of nitrogens with one attached hydrogen (secondary N) is 2. The summed E-state index contributed by atoms with van der Waals surface area (Å²) in [5.41, 5.74) is -0.959. The molecule has 0 saturated carbocycles. The highest BCUT2D eigenvalue weighted by Crippen LogP contribution is 2.04. The predicted octanol–water partition coefficient (Wildman–Crippen LogP) is 0.0855. The van der Waals surface area contributed by atoms with Crippen molar-refractivity contribution >= 4 is 24.3 Å². The molecule has 2 N–H and O–H groups in total. The number of hydrogen-bond acceptors (Lipinski definition) is 4. The molecule has 0 aliphatic rings. The molecule has 90 valence electrons.